The molecular weight excluding hydrogens is 332 g/mol. The Hall–Kier alpha value is -1.64. The molecule has 0 spiro atoms. The molecule has 1 amide bonds. The Bertz CT molecular complexity index is 689. The number of aliphatic hydroxyl groups is 1. The van der Waals surface area contributed by atoms with Crippen molar-refractivity contribution in [1.29, 1.82) is 0 Å². The Morgan fingerprint density at radius 2 is 2.08 bits per heavy atom. The zero-order valence-corrected chi connectivity index (χ0v) is 15.0. The highest BCUT2D eigenvalue weighted by molar-refractivity contribution is 7.89. The number of likely N-dealkylation sites (tertiary alicyclic amines) is 1. The number of hydrogen-bond donors (Lipinski definition) is 1. The number of benzene rings is 1. The molecule has 7 nitrogen and oxygen atoms in total. The monoisotopic (exact) mass is 356 g/mol. The fraction of sp³-hybridized carbons (Fsp3) is 0.562. The molecule has 1 N–H and O–H groups in total. The number of hydrogen-bond acceptors (Lipinski definition) is 5. The molecule has 8 heteroatoms. The van der Waals surface area contributed by atoms with E-state index in [1.54, 1.807) is 6.07 Å². The predicted octanol–water partition coefficient (Wildman–Crippen LogP) is 0.0845. The smallest absolute Gasteiger partial charge is 0.260 e. The number of aliphatic hydroxyl groups excluding tert-OH is 1. The van der Waals surface area contributed by atoms with Crippen LogP contribution in [-0.4, -0.2) is 74.3 Å². The maximum absolute atomic E-state index is 12.2. The molecule has 1 aromatic rings. The van der Waals surface area contributed by atoms with E-state index in [-0.39, 0.29) is 31.4 Å². The van der Waals surface area contributed by atoms with Gasteiger partial charge in [-0.2, -0.15) is 0 Å². The van der Waals surface area contributed by atoms with Crippen LogP contribution in [0.25, 0.3) is 0 Å². The van der Waals surface area contributed by atoms with Crippen LogP contribution in [0.3, 0.4) is 0 Å². The number of rotatable bonds is 6. The van der Waals surface area contributed by atoms with E-state index in [1.807, 2.05) is 25.1 Å². The van der Waals surface area contributed by atoms with Gasteiger partial charge in [-0.25, -0.2) is 12.7 Å². The van der Waals surface area contributed by atoms with E-state index in [9.17, 15) is 18.3 Å². The third-order valence-corrected chi connectivity index (χ3v) is 6.05. The summed E-state index contributed by atoms with van der Waals surface area (Å²) in [6.07, 6.45) is -0.845. The molecule has 2 rings (SSSR count). The minimum Gasteiger partial charge on any atom is -0.484 e. The molecule has 0 aromatic heterocycles. The van der Waals surface area contributed by atoms with Crippen molar-refractivity contribution in [2.45, 2.75) is 13.0 Å². The predicted molar refractivity (Wildman–Crippen MR) is 90.2 cm³/mol. The largest absolute Gasteiger partial charge is 0.484 e. The summed E-state index contributed by atoms with van der Waals surface area (Å²) >= 11 is 0. The number of β-amino-alcohol motifs (C(OH)–C–C–N with tert-alkyl or cyclic N) is 1. The number of carbonyl (C=O) groups excluding carboxylic acids is 1. The van der Waals surface area contributed by atoms with Crippen LogP contribution in [0.1, 0.15) is 5.56 Å². The lowest BCUT2D eigenvalue weighted by molar-refractivity contribution is -0.132. The average Bonchev–Trinajstić information content (AvgIpc) is 2.85. The molecule has 0 unspecified atom stereocenters. The minimum atomic E-state index is -3.42. The summed E-state index contributed by atoms with van der Waals surface area (Å²) in [6.45, 7) is 2.14. The lowest BCUT2D eigenvalue weighted by Gasteiger charge is -2.18. The molecule has 24 heavy (non-hydrogen) atoms. The summed E-state index contributed by atoms with van der Waals surface area (Å²) in [5.74, 6) is -0.320. The van der Waals surface area contributed by atoms with Crippen molar-refractivity contribution in [2.24, 2.45) is 5.92 Å². The highest BCUT2D eigenvalue weighted by Gasteiger charge is 2.37. The lowest BCUT2D eigenvalue weighted by atomic mass is 10.1. The topological polar surface area (TPSA) is 87.2 Å². The number of nitrogens with zero attached hydrogens (tertiary/aromatic N) is 2. The Labute approximate surface area is 142 Å². The van der Waals surface area contributed by atoms with Gasteiger partial charge in [0.2, 0.25) is 10.0 Å². The quantitative estimate of drug-likeness (QED) is 0.780. The zero-order valence-electron chi connectivity index (χ0n) is 14.2. The van der Waals surface area contributed by atoms with Gasteiger partial charge in [-0.1, -0.05) is 12.1 Å². The standard InChI is InChI=1S/C16H24N2O5S/c1-12-5-4-6-14(7-12)23-10-16(20)18-8-13(15(19)9-18)11-24(21,22)17(2)3/h4-7,13,15,19H,8-11H2,1-3H3/t13-,15+/m0/s1. The van der Waals surface area contributed by atoms with Gasteiger partial charge in [0.1, 0.15) is 5.75 Å². The van der Waals surface area contributed by atoms with Gasteiger partial charge >= 0.3 is 0 Å². The van der Waals surface area contributed by atoms with Gasteiger partial charge in [0.25, 0.3) is 5.91 Å². The molecule has 0 saturated carbocycles. The molecule has 134 valence electrons. The first kappa shape index (κ1) is 18.7. The molecule has 1 heterocycles. The first-order chi connectivity index (χ1) is 11.2. The summed E-state index contributed by atoms with van der Waals surface area (Å²) in [6, 6.07) is 7.38. The Morgan fingerprint density at radius 3 is 2.71 bits per heavy atom. The van der Waals surface area contributed by atoms with E-state index >= 15 is 0 Å². The van der Waals surface area contributed by atoms with Gasteiger partial charge in [0.15, 0.2) is 6.61 Å². The van der Waals surface area contributed by atoms with Crippen molar-refractivity contribution in [1.82, 2.24) is 9.21 Å². The Kier molecular flexibility index (Phi) is 5.84. The molecule has 0 radical (unpaired) electrons. The molecule has 0 aliphatic carbocycles. The minimum absolute atomic E-state index is 0.129. The van der Waals surface area contributed by atoms with Gasteiger partial charge in [0.05, 0.1) is 11.9 Å². The second kappa shape index (κ2) is 7.50. The highest BCUT2D eigenvalue weighted by atomic mass is 32.2. The first-order valence-corrected chi connectivity index (χ1v) is 9.35. The van der Waals surface area contributed by atoms with Crippen LogP contribution >= 0.6 is 0 Å². The van der Waals surface area contributed by atoms with Gasteiger partial charge in [-0.15, -0.1) is 0 Å². The molecule has 0 bridgehead atoms. The van der Waals surface area contributed by atoms with E-state index in [1.165, 1.54) is 19.0 Å². The Morgan fingerprint density at radius 1 is 1.38 bits per heavy atom. The van der Waals surface area contributed by atoms with Crippen LogP contribution in [0.5, 0.6) is 5.75 Å². The van der Waals surface area contributed by atoms with Crippen LogP contribution < -0.4 is 4.74 Å². The second-order valence-corrected chi connectivity index (χ2v) is 8.52. The molecule has 1 aliphatic heterocycles. The average molecular weight is 356 g/mol. The molecule has 1 aromatic carbocycles. The molecule has 2 atom stereocenters. The fourth-order valence-corrected chi connectivity index (χ4v) is 3.75. The third-order valence-electron chi connectivity index (χ3n) is 4.09. The van der Waals surface area contributed by atoms with E-state index in [4.69, 9.17) is 4.74 Å². The van der Waals surface area contributed by atoms with E-state index in [2.05, 4.69) is 0 Å². The van der Waals surface area contributed by atoms with Crippen molar-refractivity contribution in [3.63, 3.8) is 0 Å². The van der Waals surface area contributed by atoms with E-state index in [0.29, 0.717) is 5.75 Å². The Balaban J connectivity index is 1.90. The van der Waals surface area contributed by atoms with Gasteiger partial charge in [0, 0.05) is 33.1 Å². The number of aryl methyl sites for hydroxylation is 1. The number of carbonyl (C=O) groups is 1. The van der Waals surface area contributed by atoms with Crippen molar-refractivity contribution in [3.05, 3.63) is 29.8 Å². The molecule has 1 aliphatic rings. The van der Waals surface area contributed by atoms with Gasteiger partial charge in [-0.05, 0) is 24.6 Å². The van der Waals surface area contributed by atoms with Crippen LogP contribution in [0.4, 0.5) is 0 Å². The number of amides is 1. The highest BCUT2D eigenvalue weighted by Crippen LogP contribution is 2.20. The fourth-order valence-electron chi connectivity index (χ4n) is 2.58. The van der Waals surface area contributed by atoms with Crippen molar-refractivity contribution >= 4 is 15.9 Å². The van der Waals surface area contributed by atoms with Crippen molar-refractivity contribution in [3.8, 4) is 5.75 Å². The summed E-state index contributed by atoms with van der Waals surface area (Å²) in [5, 5.41) is 10.1. The van der Waals surface area contributed by atoms with Crippen LogP contribution in [0.2, 0.25) is 0 Å². The summed E-state index contributed by atoms with van der Waals surface area (Å²) in [5.41, 5.74) is 1.03. The van der Waals surface area contributed by atoms with Crippen molar-refractivity contribution < 1.29 is 23.1 Å². The number of sulfonamides is 1. The SMILES string of the molecule is Cc1cccc(OCC(=O)N2C[C@@H](CS(=O)(=O)N(C)C)[C@H](O)C2)c1. The molecule has 1 saturated heterocycles. The summed E-state index contributed by atoms with van der Waals surface area (Å²) in [7, 11) is -0.512. The lowest BCUT2D eigenvalue weighted by Crippen LogP contribution is -2.35. The van der Waals surface area contributed by atoms with Crippen molar-refractivity contribution in [2.75, 3.05) is 39.5 Å². The third kappa shape index (κ3) is 4.68. The van der Waals surface area contributed by atoms with Gasteiger partial charge in [-0.3, -0.25) is 4.79 Å². The zero-order chi connectivity index (χ0) is 17.9. The van der Waals surface area contributed by atoms with Crippen LogP contribution in [0.15, 0.2) is 24.3 Å². The summed E-state index contributed by atoms with van der Waals surface area (Å²) < 4.78 is 30.5. The van der Waals surface area contributed by atoms with E-state index < -0.39 is 22.0 Å². The molecular formula is C16H24N2O5S. The van der Waals surface area contributed by atoms with E-state index in [0.717, 1.165) is 9.87 Å². The van der Waals surface area contributed by atoms with Crippen LogP contribution in [0, 0.1) is 12.8 Å². The summed E-state index contributed by atoms with van der Waals surface area (Å²) in [4.78, 5) is 13.7. The normalized spacial score (nSPS) is 21.3. The number of ether oxygens (including phenoxy) is 1. The van der Waals surface area contributed by atoms with Crippen LogP contribution in [-0.2, 0) is 14.8 Å². The first-order valence-electron chi connectivity index (χ1n) is 7.74. The second-order valence-electron chi connectivity index (χ2n) is 6.29. The maximum Gasteiger partial charge on any atom is 0.260 e. The van der Waals surface area contributed by atoms with Gasteiger partial charge < -0.3 is 14.7 Å². The molecule has 1 fully saturated rings. The maximum atomic E-state index is 12.2.